The van der Waals surface area contributed by atoms with Crippen LogP contribution in [0.5, 0.6) is 0 Å². The smallest absolute Gasteiger partial charge is 0.228 e. The van der Waals surface area contributed by atoms with Gasteiger partial charge in [-0.05, 0) is 44.9 Å². The molecule has 8 heteroatoms. The number of aromatic nitrogens is 2. The number of sulfonamides is 1. The van der Waals surface area contributed by atoms with Gasteiger partial charge < -0.3 is 0 Å². The van der Waals surface area contributed by atoms with Crippen molar-refractivity contribution in [2.45, 2.75) is 83.3 Å². The third-order valence-electron chi connectivity index (χ3n) is 6.81. The summed E-state index contributed by atoms with van der Waals surface area (Å²) in [6, 6.07) is 0. The Hall–Kier alpha value is -1.54. The number of rotatable bonds is 5. The second-order valence-corrected chi connectivity index (χ2v) is 11.7. The molecule has 7 nitrogen and oxygen atoms in total. The maximum atomic E-state index is 12.9. The minimum absolute atomic E-state index is 0.137. The molecular weight excluding hydrogens is 400 g/mol. The molecule has 1 aromatic rings. The van der Waals surface area contributed by atoms with Gasteiger partial charge in [-0.1, -0.05) is 26.7 Å². The molecule has 2 fully saturated rings. The molecule has 0 N–H and O–H groups in total. The molecule has 0 radical (unpaired) electrons. The van der Waals surface area contributed by atoms with Crippen LogP contribution in [0.15, 0.2) is 0 Å². The Labute approximate surface area is 180 Å². The van der Waals surface area contributed by atoms with E-state index in [4.69, 9.17) is 9.97 Å². The van der Waals surface area contributed by atoms with Gasteiger partial charge in [0.25, 0.3) is 0 Å². The number of hydrogen-bond acceptors (Lipinski definition) is 5. The lowest BCUT2D eigenvalue weighted by Gasteiger charge is -2.34. The maximum absolute atomic E-state index is 12.9. The normalized spacial score (nSPS) is 22.1. The lowest BCUT2D eigenvalue weighted by atomic mass is 9.96. The van der Waals surface area contributed by atoms with Gasteiger partial charge in [-0.3, -0.25) is 9.69 Å². The zero-order valence-electron chi connectivity index (χ0n) is 18.4. The molecule has 1 saturated heterocycles. The van der Waals surface area contributed by atoms with Crippen molar-refractivity contribution in [2.24, 2.45) is 5.92 Å². The molecule has 0 aromatic carbocycles. The van der Waals surface area contributed by atoms with Crippen LogP contribution in [0.2, 0.25) is 0 Å². The lowest BCUT2D eigenvalue weighted by molar-refractivity contribution is -0.119. The van der Waals surface area contributed by atoms with Crippen LogP contribution in [0.25, 0.3) is 0 Å². The zero-order chi connectivity index (χ0) is 21.5. The predicted octanol–water partition coefficient (Wildman–Crippen LogP) is 3.17. The second kappa shape index (κ2) is 8.54. The summed E-state index contributed by atoms with van der Waals surface area (Å²) in [6.07, 6.45) is 6.34. The minimum Gasteiger partial charge on any atom is -0.296 e. The quantitative estimate of drug-likeness (QED) is 0.711. The number of nitrogens with zero attached hydrogens (tertiary/aromatic N) is 4. The first-order valence-electron chi connectivity index (χ1n) is 11.4. The van der Waals surface area contributed by atoms with Gasteiger partial charge in [0.2, 0.25) is 15.9 Å². The van der Waals surface area contributed by atoms with Gasteiger partial charge in [-0.2, -0.15) is 0 Å². The highest BCUT2D eigenvalue weighted by Crippen LogP contribution is 2.35. The summed E-state index contributed by atoms with van der Waals surface area (Å²) in [7, 11) is -3.18. The number of aryl methyl sites for hydroxylation is 1. The fourth-order valence-corrected chi connectivity index (χ4v) is 7.18. The molecule has 166 valence electrons. The number of hydrogen-bond donors (Lipinski definition) is 0. The van der Waals surface area contributed by atoms with Crippen LogP contribution in [0.1, 0.15) is 81.8 Å². The fraction of sp³-hybridized carbons (Fsp3) is 0.773. The second-order valence-electron chi connectivity index (χ2n) is 9.49. The van der Waals surface area contributed by atoms with Gasteiger partial charge in [-0.25, -0.2) is 22.7 Å². The third kappa shape index (κ3) is 4.13. The van der Waals surface area contributed by atoms with Crippen LogP contribution in [0, 0.1) is 12.8 Å². The number of amides is 1. The molecule has 1 amide bonds. The Morgan fingerprint density at radius 1 is 1.03 bits per heavy atom. The first-order valence-corrected chi connectivity index (χ1v) is 12.9. The van der Waals surface area contributed by atoms with Crippen molar-refractivity contribution in [1.82, 2.24) is 14.3 Å². The van der Waals surface area contributed by atoms with E-state index in [9.17, 15) is 13.2 Å². The van der Waals surface area contributed by atoms with E-state index in [1.54, 1.807) is 4.31 Å². The van der Waals surface area contributed by atoms with Crippen LogP contribution in [-0.2, 0) is 21.2 Å². The molecule has 30 heavy (non-hydrogen) atoms. The molecule has 4 rings (SSSR count). The van der Waals surface area contributed by atoms with Gasteiger partial charge in [0.1, 0.15) is 11.6 Å². The summed E-state index contributed by atoms with van der Waals surface area (Å²) in [6.45, 7) is 7.97. The topological polar surface area (TPSA) is 83.5 Å². The number of fused-ring (bicyclic) bond motifs is 1. The predicted molar refractivity (Wildman–Crippen MR) is 117 cm³/mol. The van der Waals surface area contributed by atoms with Gasteiger partial charge in [0, 0.05) is 43.2 Å². The van der Waals surface area contributed by atoms with Crippen molar-refractivity contribution in [3.05, 3.63) is 17.1 Å². The SMILES string of the molecule is Cc1nc(C2CCN(S(=O)(=O)C3CCCC3)CC2)nc2c1CCC(=O)N2CC(C)C. The molecular formula is C22H34N4O3S. The van der Waals surface area contributed by atoms with Gasteiger partial charge in [-0.15, -0.1) is 0 Å². The Bertz CT molecular complexity index is 901. The molecule has 1 aliphatic carbocycles. The Morgan fingerprint density at radius 2 is 1.70 bits per heavy atom. The number of carbonyl (C=O) groups excluding carboxylic acids is 1. The molecule has 0 atom stereocenters. The van der Waals surface area contributed by atoms with Crippen molar-refractivity contribution in [3.63, 3.8) is 0 Å². The van der Waals surface area contributed by atoms with Crippen LogP contribution in [-0.4, -0.2) is 53.5 Å². The summed E-state index contributed by atoms with van der Waals surface area (Å²) in [5, 5.41) is -0.188. The van der Waals surface area contributed by atoms with E-state index < -0.39 is 10.0 Å². The molecule has 3 heterocycles. The fourth-order valence-electron chi connectivity index (χ4n) is 5.10. The lowest BCUT2D eigenvalue weighted by Crippen LogP contribution is -2.43. The molecule has 3 aliphatic rings. The van der Waals surface area contributed by atoms with E-state index in [0.29, 0.717) is 38.4 Å². The van der Waals surface area contributed by atoms with E-state index in [0.717, 1.165) is 61.4 Å². The number of piperidine rings is 1. The number of carbonyl (C=O) groups is 1. The molecule has 0 bridgehead atoms. The monoisotopic (exact) mass is 434 g/mol. The molecule has 0 spiro atoms. The van der Waals surface area contributed by atoms with Crippen LogP contribution >= 0.6 is 0 Å². The average molecular weight is 435 g/mol. The van der Waals surface area contributed by atoms with Crippen molar-refractivity contribution < 1.29 is 13.2 Å². The molecule has 1 saturated carbocycles. The highest BCUT2D eigenvalue weighted by Gasteiger charge is 2.37. The third-order valence-corrected chi connectivity index (χ3v) is 9.20. The van der Waals surface area contributed by atoms with Crippen molar-refractivity contribution >= 4 is 21.7 Å². The van der Waals surface area contributed by atoms with E-state index in [2.05, 4.69) is 13.8 Å². The number of anilines is 1. The van der Waals surface area contributed by atoms with Crippen molar-refractivity contribution in [2.75, 3.05) is 24.5 Å². The summed E-state index contributed by atoms with van der Waals surface area (Å²) < 4.78 is 27.5. The molecule has 0 unspecified atom stereocenters. The minimum atomic E-state index is -3.18. The molecule has 1 aromatic heterocycles. The summed E-state index contributed by atoms with van der Waals surface area (Å²) >= 11 is 0. The Kier molecular flexibility index (Phi) is 6.17. The first-order chi connectivity index (χ1) is 14.3. The summed E-state index contributed by atoms with van der Waals surface area (Å²) in [4.78, 5) is 24.1. The van der Waals surface area contributed by atoms with Gasteiger partial charge >= 0.3 is 0 Å². The van der Waals surface area contributed by atoms with Crippen LogP contribution in [0.4, 0.5) is 5.82 Å². The average Bonchev–Trinajstić information content (AvgIpc) is 3.26. The highest BCUT2D eigenvalue weighted by atomic mass is 32.2. The van der Waals surface area contributed by atoms with Crippen molar-refractivity contribution in [3.8, 4) is 0 Å². The van der Waals surface area contributed by atoms with Gasteiger partial charge in [0.15, 0.2) is 0 Å². The largest absolute Gasteiger partial charge is 0.296 e. The maximum Gasteiger partial charge on any atom is 0.228 e. The summed E-state index contributed by atoms with van der Waals surface area (Å²) in [5.74, 6) is 2.19. The van der Waals surface area contributed by atoms with E-state index in [-0.39, 0.29) is 17.1 Å². The summed E-state index contributed by atoms with van der Waals surface area (Å²) in [5.41, 5.74) is 2.04. The van der Waals surface area contributed by atoms with Crippen molar-refractivity contribution in [1.29, 1.82) is 0 Å². The first kappa shape index (κ1) is 21.7. The van der Waals surface area contributed by atoms with Gasteiger partial charge in [0.05, 0.1) is 5.25 Å². The van der Waals surface area contributed by atoms with Crippen LogP contribution < -0.4 is 4.90 Å². The van der Waals surface area contributed by atoms with E-state index in [1.807, 2.05) is 11.8 Å². The molecule has 2 aliphatic heterocycles. The Balaban J connectivity index is 1.52. The zero-order valence-corrected chi connectivity index (χ0v) is 19.2. The standard InChI is InChI=1S/C22H34N4O3S/c1-15(2)14-26-20(27)9-8-19-16(3)23-21(24-22(19)26)17-10-12-25(13-11-17)30(28,29)18-6-4-5-7-18/h15,17-18H,4-14H2,1-3H3. The highest BCUT2D eigenvalue weighted by molar-refractivity contribution is 7.89. The van der Waals surface area contributed by atoms with E-state index in [1.165, 1.54) is 0 Å². The van der Waals surface area contributed by atoms with Crippen LogP contribution in [0.3, 0.4) is 0 Å². The Morgan fingerprint density at radius 3 is 2.33 bits per heavy atom. The van der Waals surface area contributed by atoms with E-state index >= 15 is 0 Å².